The van der Waals surface area contributed by atoms with E-state index in [-0.39, 0.29) is 11.8 Å². The molecule has 0 N–H and O–H groups in total. The number of carbonyl (C=O) groups is 2. The predicted octanol–water partition coefficient (Wildman–Crippen LogP) is 5.48. The Balaban J connectivity index is 1.69. The lowest BCUT2D eigenvalue weighted by Crippen LogP contribution is -2.37. The van der Waals surface area contributed by atoms with Crippen molar-refractivity contribution in [2.45, 2.75) is 19.8 Å². The Morgan fingerprint density at radius 3 is 2.33 bits per heavy atom. The molecule has 0 bridgehead atoms. The molecule has 2 aliphatic heterocycles. The summed E-state index contributed by atoms with van der Waals surface area (Å²) in [7, 11) is 0. The van der Waals surface area contributed by atoms with Crippen LogP contribution in [0.15, 0.2) is 78.5 Å². The zero-order valence-electron chi connectivity index (χ0n) is 18.3. The molecule has 0 saturated heterocycles. The van der Waals surface area contributed by atoms with Gasteiger partial charge < -0.3 is 9.64 Å². The van der Waals surface area contributed by atoms with Gasteiger partial charge in [0.2, 0.25) is 0 Å². The Bertz CT molecular complexity index is 1270. The molecular formula is C27H23ClN2O3. The van der Waals surface area contributed by atoms with E-state index in [1.54, 1.807) is 42.5 Å². The van der Waals surface area contributed by atoms with Gasteiger partial charge in [-0.3, -0.25) is 9.59 Å². The molecule has 3 aromatic carbocycles. The summed E-state index contributed by atoms with van der Waals surface area (Å²) in [4.78, 5) is 31.0. The molecule has 2 amide bonds. The predicted molar refractivity (Wildman–Crippen MR) is 131 cm³/mol. The lowest BCUT2D eigenvalue weighted by molar-refractivity contribution is -0.120. The average molecular weight is 459 g/mol. The highest BCUT2D eigenvalue weighted by atomic mass is 35.5. The number of nitrogens with zero attached hydrogens (tertiary/aromatic N) is 2. The molecule has 0 radical (unpaired) electrons. The zero-order chi connectivity index (χ0) is 22.9. The number of rotatable bonds is 5. The van der Waals surface area contributed by atoms with Gasteiger partial charge in [-0.25, -0.2) is 4.90 Å². The van der Waals surface area contributed by atoms with E-state index in [1.165, 1.54) is 10.5 Å². The first-order chi connectivity index (χ1) is 16.1. The minimum absolute atomic E-state index is 0.353. The molecule has 0 aliphatic carbocycles. The van der Waals surface area contributed by atoms with E-state index < -0.39 is 0 Å². The molecule has 3 aromatic rings. The number of aryl methyl sites for hydroxylation is 1. The Morgan fingerprint density at radius 2 is 1.58 bits per heavy atom. The van der Waals surface area contributed by atoms with Crippen molar-refractivity contribution in [3.05, 3.63) is 94.6 Å². The number of ether oxygens (including phenoxy) is 1. The first-order valence-electron chi connectivity index (χ1n) is 11.1. The summed E-state index contributed by atoms with van der Waals surface area (Å²) < 4.78 is 5.74. The van der Waals surface area contributed by atoms with Crippen molar-refractivity contribution in [1.29, 1.82) is 0 Å². The maximum Gasteiger partial charge on any atom is 0.282 e. The van der Waals surface area contributed by atoms with Crippen LogP contribution < -0.4 is 14.5 Å². The maximum absolute atomic E-state index is 14.0. The van der Waals surface area contributed by atoms with Crippen molar-refractivity contribution in [3.8, 4) is 5.75 Å². The van der Waals surface area contributed by atoms with Crippen molar-refractivity contribution < 1.29 is 14.3 Å². The smallest absolute Gasteiger partial charge is 0.282 e. The molecule has 2 heterocycles. The van der Waals surface area contributed by atoms with Crippen LogP contribution in [0.2, 0.25) is 5.02 Å². The van der Waals surface area contributed by atoms with Crippen molar-refractivity contribution in [3.63, 3.8) is 0 Å². The van der Waals surface area contributed by atoms with Gasteiger partial charge in [0.15, 0.2) is 0 Å². The third-order valence-corrected chi connectivity index (χ3v) is 6.23. The van der Waals surface area contributed by atoms with E-state index >= 15 is 0 Å². The minimum Gasteiger partial charge on any atom is -0.492 e. The third kappa shape index (κ3) is 3.68. The van der Waals surface area contributed by atoms with E-state index in [1.807, 2.05) is 36.1 Å². The molecule has 33 heavy (non-hydrogen) atoms. The second-order valence-electron chi connectivity index (χ2n) is 7.96. The molecule has 0 unspecified atom stereocenters. The molecule has 0 atom stereocenters. The van der Waals surface area contributed by atoms with E-state index in [9.17, 15) is 9.59 Å². The summed E-state index contributed by atoms with van der Waals surface area (Å²) in [5.41, 5.74) is 4.00. The van der Waals surface area contributed by atoms with Gasteiger partial charge in [0, 0.05) is 17.3 Å². The van der Waals surface area contributed by atoms with Crippen LogP contribution in [-0.2, 0) is 16.0 Å². The summed E-state index contributed by atoms with van der Waals surface area (Å²) in [6.07, 6.45) is 1.83. The standard InChI is InChI=1S/C27H23ClN2O3/c1-2-33-23-12-6-5-11-22(23)30-26(31)24(19-13-15-20(28)16-14-19)25(27(30)32)29-17-7-9-18-8-3-4-10-21(18)29/h3-6,8,10-16H,2,7,9,17H2,1H3. The molecule has 0 saturated carbocycles. The van der Waals surface area contributed by atoms with Crippen molar-refractivity contribution in [2.24, 2.45) is 0 Å². The highest BCUT2D eigenvalue weighted by Crippen LogP contribution is 2.41. The van der Waals surface area contributed by atoms with Crippen molar-refractivity contribution >= 4 is 40.4 Å². The normalized spacial score (nSPS) is 15.8. The Morgan fingerprint density at radius 1 is 0.879 bits per heavy atom. The van der Waals surface area contributed by atoms with Gasteiger partial charge in [-0.05, 0) is 61.2 Å². The van der Waals surface area contributed by atoms with Gasteiger partial charge in [-0.2, -0.15) is 0 Å². The maximum atomic E-state index is 14.0. The van der Waals surface area contributed by atoms with Crippen LogP contribution in [0.4, 0.5) is 11.4 Å². The monoisotopic (exact) mass is 458 g/mol. The van der Waals surface area contributed by atoms with E-state index in [2.05, 4.69) is 6.07 Å². The topological polar surface area (TPSA) is 49.9 Å². The summed E-state index contributed by atoms with van der Waals surface area (Å²) in [6, 6.07) is 22.2. The van der Waals surface area contributed by atoms with E-state index in [4.69, 9.17) is 16.3 Å². The molecule has 0 fully saturated rings. The highest BCUT2D eigenvalue weighted by Gasteiger charge is 2.44. The van der Waals surface area contributed by atoms with Crippen molar-refractivity contribution in [1.82, 2.24) is 0 Å². The van der Waals surface area contributed by atoms with E-state index in [0.717, 1.165) is 18.5 Å². The number of para-hydroxylation sites is 3. The molecule has 2 aliphatic rings. The average Bonchev–Trinajstić information content (AvgIpc) is 3.09. The van der Waals surface area contributed by atoms with Crippen LogP contribution in [0, 0.1) is 0 Å². The Hall–Kier alpha value is -3.57. The summed E-state index contributed by atoms with van der Waals surface area (Å²) in [5, 5.41) is 0.569. The number of anilines is 2. The van der Waals surface area contributed by atoms with Crippen LogP contribution in [0.3, 0.4) is 0 Å². The number of hydrogen-bond donors (Lipinski definition) is 0. The molecule has 6 heteroatoms. The number of imide groups is 1. The lowest BCUT2D eigenvalue weighted by Gasteiger charge is -2.32. The number of hydrogen-bond acceptors (Lipinski definition) is 4. The SMILES string of the molecule is CCOc1ccccc1N1C(=O)C(c2ccc(Cl)cc2)=C(N2CCCc3ccccc32)C1=O. The molecule has 5 rings (SSSR count). The molecule has 166 valence electrons. The first-order valence-corrected chi connectivity index (χ1v) is 11.4. The van der Waals surface area contributed by atoms with E-state index in [0.29, 0.717) is 46.4 Å². The first kappa shape index (κ1) is 21.3. The van der Waals surface area contributed by atoms with Crippen LogP contribution >= 0.6 is 11.6 Å². The third-order valence-electron chi connectivity index (χ3n) is 5.98. The van der Waals surface area contributed by atoms with Crippen LogP contribution in [-0.4, -0.2) is 25.0 Å². The molecule has 0 spiro atoms. The fourth-order valence-electron chi connectivity index (χ4n) is 4.55. The minimum atomic E-state index is -0.368. The quantitative estimate of drug-likeness (QED) is 0.475. The van der Waals surface area contributed by atoms with Crippen LogP contribution in [0.25, 0.3) is 5.57 Å². The number of fused-ring (bicyclic) bond motifs is 1. The highest BCUT2D eigenvalue weighted by molar-refractivity contribution is 6.46. The molecular weight excluding hydrogens is 436 g/mol. The summed E-state index contributed by atoms with van der Waals surface area (Å²) >= 11 is 6.11. The van der Waals surface area contributed by atoms with Gasteiger partial charge >= 0.3 is 0 Å². The fourth-order valence-corrected chi connectivity index (χ4v) is 4.68. The largest absolute Gasteiger partial charge is 0.492 e. The van der Waals surface area contributed by atoms with Gasteiger partial charge in [-0.15, -0.1) is 0 Å². The van der Waals surface area contributed by atoms with Crippen LogP contribution in [0.1, 0.15) is 24.5 Å². The number of amides is 2. The zero-order valence-corrected chi connectivity index (χ0v) is 19.0. The summed E-state index contributed by atoms with van der Waals surface area (Å²) in [6.45, 7) is 2.96. The van der Waals surface area contributed by atoms with Gasteiger partial charge in [0.05, 0.1) is 17.9 Å². The number of carbonyl (C=O) groups excluding carboxylic acids is 2. The number of halogens is 1. The second-order valence-corrected chi connectivity index (χ2v) is 8.40. The molecule has 5 nitrogen and oxygen atoms in total. The Labute approximate surface area is 197 Å². The lowest BCUT2D eigenvalue weighted by atomic mass is 9.98. The fraction of sp³-hybridized carbons (Fsp3) is 0.185. The molecule has 0 aromatic heterocycles. The van der Waals surface area contributed by atoms with Crippen molar-refractivity contribution in [2.75, 3.05) is 23.0 Å². The van der Waals surface area contributed by atoms with Gasteiger partial charge in [0.25, 0.3) is 11.8 Å². The van der Waals surface area contributed by atoms with Crippen LogP contribution in [0.5, 0.6) is 5.75 Å². The second kappa shape index (κ2) is 8.75. The van der Waals surface area contributed by atoms with Gasteiger partial charge in [-0.1, -0.05) is 54.1 Å². The van der Waals surface area contributed by atoms with Gasteiger partial charge in [0.1, 0.15) is 11.4 Å². The Kier molecular flexibility index (Phi) is 5.65. The number of benzene rings is 3. The summed E-state index contributed by atoms with van der Waals surface area (Å²) in [5.74, 6) is -0.223.